The lowest BCUT2D eigenvalue weighted by Gasteiger charge is -2.23. The zero-order chi connectivity index (χ0) is 5.98. The molecule has 3 N–H and O–H groups in total. The molecule has 3 nitrogen and oxygen atoms in total. The molecule has 0 aromatic heterocycles. The summed E-state index contributed by atoms with van der Waals surface area (Å²) in [5.74, 6) is 0. The largest absolute Gasteiger partial charge is 0.389 e. The average molecular weight is 154 g/mol. The van der Waals surface area contributed by atoms with Crippen molar-refractivity contribution in [3.8, 4) is 0 Å². The number of ether oxygens (including phenoxy) is 1. The first-order chi connectivity index (χ1) is 3.80. The van der Waals surface area contributed by atoms with Gasteiger partial charge in [0, 0.05) is 12.6 Å². The maximum absolute atomic E-state index is 8.93. The summed E-state index contributed by atoms with van der Waals surface area (Å²) in [6.45, 7) is 1.10. The minimum absolute atomic E-state index is 0. The summed E-state index contributed by atoms with van der Waals surface area (Å²) in [5.41, 5.74) is 5.45. The van der Waals surface area contributed by atoms with Crippen molar-refractivity contribution in [2.75, 3.05) is 13.2 Å². The van der Waals surface area contributed by atoms with E-state index in [-0.39, 0.29) is 18.4 Å². The summed E-state index contributed by atoms with van der Waals surface area (Å²) in [6.07, 6.45) is 0.338. The molecule has 0 bridgehead atoms. The normalized spacial score (nSPS) is 35.3. The second-order valence-electron chi connectivity index (χ2n) is 2.09. The second-order valence-corrected chi connectivity index (χ2v) is 2.09. The number of rotatable bonds is 0. The molecule has 9 heavy (non-hydrogen) atoms. The lowest BCUT2D eigenvalue weighted by Crippen LogP contribution is -2.42. The zero-order valence-corrected chi connectivity index (χ0v) is 5.93. The fraction of sp³-hybridized carbons (Fsp3) is 1.00. The maximum atomic E-state index is 8.93. The van der Waals surface area contributed by atoms with Gasteiger partial charge in [-0.1, -0.05) is 0 Å². The van der Waals surface area contributed by atoms with Crippen molar-refractivity contribution in [1.29, 1.82) is 0 Å². The third-order valence-corrected chi connectivity index (χ3v) is 1.38. The van der Waals surface area contributed by atoms with E-state index in [4.69, 9.17) is 15.6 Å². The Balaban J connectivity index is 0.000000640. The van der Waals surface area contributed by atoms with Gasteiger partial charge in [0.05, 0.1) is 12.7 Å². The van der Waals surface area contributed by atoms with Gasteiger partial charge in [-0.05, 0) is 6.42 Å². The van der Waals surface area contributed by atoms with Crippen LogP contribution in [0.15, 0.2) is 0 Å². The molecule has 0 radical (unpaired) electrons. The predicted octanol–water partition coefficient (Wildman–Crippen LogP) is -0.483. The van der Waals surface area contributed by atoms with Crippen molar-refractivity contribution in [3.63, 3.8) is 0 Å². The van der Waals surface area contributed by atoms with Crippen LogP contribution in [0.2, 0.25) is 0 Å². The highest BCUT2D eigenvalue weighted by atomic mass is 35.5. The van der Waals surface area contributed by atoms with Crippen LogP contribution >= 0.6 is 12.4 Å². The molecule has 1 unspecified atom stereocenters. The highest BCUT2D eigenvalue weighted by Crippen LogP contribution is 2.03. The van der Waals surface area contributed by atoms with Crippen molar-refractivity contribution in [2.24, 2.45) is 5.73 Å². The fourth-order valence-electron chi connectivity index (χ4n) is 0.739. The van der Waals surface area contributed by atoms with E-state index in [0.717, 1.165) is 6.42 Å². The van der Waals surface area contributed by atoms with Gasteiger partial charge in [0.15, 0.2) is 0 Å². The van der Waals surface area contributed by atoms with Gasteiger partial charge in [0.25, 0.3) is 0 Å². The molecule has 0 spiro atoms. The molecule has 1 fully saturated rings. The minimum atomic E-state index is -0.441. The topological polar surface area (TPSA) is 55.5 Å². The molecule has 4 heteroatoms. The highest BCUT2D eigenvalue weighted by Gasteiger charge is 2.18. The average Bonchev–Trinajstić information content (AvgIpc) is 1.77. The van der Waals surface area contributed by atoms with E-state index in [9.17, 15) is 0 Å². The molecule has 2 atom stereocenters. The first-order valence-electron chi connectivity index (χ1n) is 2.82. The summed E-state index contributed by atoms with van der Waals surface area (Å²) in [6, 6.07) is -0.0660. The first-order valence-corrected chi connectivity index (χ1v) is 2.82. The van der Waals surface area contributed by atoms with Crippen molar-refractivity contribution in [3.05, 3.63) is 0 Å². The minimum Gasteiger partial charge on any atom is -0.389 e. The molecular formula is C5H12ClNO2. The lowest BCUT2D eigenvalue weighted by molar-refractivity contribution is -0.0182. The Kier molecular flexibility index (Phi) is 4.14. The van der Waals surface area contributed by atoms with E-state index >= 15 is 0 Å². The standard InChI is InChI=1S/C5H11NO2.ClH/c6-4-1-2-8-3-5(4)7;/h4-5,7H,1-3,6H2;1H/t4?,5-;/m0./s1. The number of nitrogens with two attached hydrogens (primary N) is 1. The van der Waals surface area contributed by atoms with Crippen LogP contribution in [0.1, 0.15) is 6.42 Å². The van der Waals surface area contributed by atoms with Gasteiger partial charge in [-0.2, -0.15) is 0 Å². The van der Waals surface area contributed by atoms with Crippen LogP contribution in [0.25, 0.3) is 0 Å². The molecule has 1 aliphatic heterocycles. The first kappa shape index (κ1) is 9.17. The van der Waals surface area contributed by atoms with Gasteiger partial charge in [0.2, 0.25) is 0 Å². The van der Waals surface area contributed by atoms with Crippen LogP contribution < -0.4 is 5.73 Å². The van der Waals surface area contributed by atoms with Crippen molar-refractivity contribution in [2.45, 2.75) is 18.6 Å². The Morgan fingerprint density at radius 2 is 2.22 bits per heavy atom. The van der Waals surface area contributed by atoms with Crippen LogP contribution in [-0.2, 0) is 4.74 Å². The van der Waals surface area contributed by atoms with Crippen LogP contribution in [0.4, 0.5) is 0 Å². The van der Waals surface area contributed by atoms with Crippen LogP contribution in [0.5, 0.6) is 0 Å². The van der Waals surface area contributed by atoms with Gasteiger partial charge < -0.3 is 15.6 Å². The van der Waals surface area contributed by atoms with Gasteiger partial charge >= 0.3 is 0 Å². The van der Waals surface area contributed by atoms with Crippen LogP contribution in [0.3, 0.4) is 0 Å². The van der Waals surface area contributed by atoms with Gasteiger partial charge in [-0.25, -0.2) is 0 Å². The third-order valence-electron chi connectivity index (χ3n) is 1.38. The molecule has 1 saturated heterocycles. The zero-order valence-electron chi connectivity index (χ0n) is 5.12. The van der Waals surface area contributed by atoms with E-state index < -0.39 is 6.10 Å². The SMILES string of the molecule is Cl.NC1CCOC[C@@H]1O. The van der Waals surface area contributed by atoms with Gasteiger partial charge in [0.1, 0.15) is 0 Å². The second kappa shape index (κ2) is 4.06. The van der Waals surface area contributed by atoms with E-state index in [0.29, 0.717) is 13.2 Å². The molecule has 0 aromatic carbocycles. The monoisotopic (exact) mass is 153 g/mol. The van der Waals surface area contributed by atoms with Gasteiger partial charge in [-0.15, -0.1) is 12.4 Å². The molecule has 1 heterocycles. The van der Waals surface area contributed by atoms with Crippen LogP contribution in [0, 0.1) is 0 Å². The summed E-state index contributed by atoms with van der Waals surface area (Å²) in [5, 5.41) is 8.93. The number of halogens is 1. The molecule has 0 saturated carbocycles. The van der Waals surface area contributed by atoms with E-state index in [1.54, 1.807) is 0 Å². The summed E-state index contributed by atoms with van der Waals surface area (Å²) in [4.78, 5) is 0. The Hall–Kier alpha value is 0.170. The molecule has 1 aliphatic rings. The number of hydrogen-bond acceptors (Lipinski definition) is 3. The Labute approximate surface area is 60.6 Å². The van der Waals surface area contributed by atoms with E-state index in [2.05, 4.69) is 0 Å². The number of hydrogen-bond donors (Lipinski definition) is 2. The summed E-state index contributed by atoms with van der Waals surface area (Å²) >= 11 is 0. The van der Waals surface area contributed by atoms with Gasteiger partial charge in [-0.3, -0.25) is 0 Å². The quantitative estimate of drug-likeness (QED) is 0.494. The van der Waals surface area contributed by atoms with E-state index in [1.807, 2.05) is 0 Å². The lowest BCUT2D eigenvalue weighted by atomic mass is 10.1. The number of aliphatic hydroxyl groups is 1. The molecule has 56 valence electrons. The summed E-state index contributed by atoms with van der Waals surface area (Å²) < 4.78 is 4.92. The molecule has 1 rings (SSSR count). The highest BCUT2D eigenvalue weighted by molar-refractivity contribution is 5.85. The number of aliphatic hydroxyl groups excluding tert-OH is 1. The molecular weight excluding hydrogens is 142 g/mol. The fourth-order valence-corrected chi connectivity index (χ4v) is 0.739. The predicted molar refractivity (Wildman–Crippen MR) is 36.7 cm³/mol. The van der Waals surface area contributed by atoms with Crippen molar-refractivity contribution < 1.29 is 9.84 Å². The molecule has 0 aliphatic carbocycles. The molecule has 0 amide bonds. The Morgan fingerprint density at radius 3 is 2.56 bits per heavy atom. The summed E-state index contributed by atoms with van der Waals surface area (Å²) in [7, 11) is 0. The van der Waals surface area contributed by atoms with Crippen molar-refractivity contribution >= 4 is 12.4 Å². The smallest absolute Gasteiger partial charge is 0.0924 e. The maximum Gasteiger partial charge on any atom is 0.0924 e. The van der Waals surface area contributed by atoms with Crippen LogP contribution in [-0.4, -0.2) is 30.5 Å². The van der Waals surface area contributed by atoms with Crippen molar-refractivity contribution in [1.82, 2.24) is 0 Å². The Morgan fingerprint density at radius 1 is 1.56 bits per heavy atom. The molecule has 0 aromatic rings. The Bertz CT molecular complexity index is 71.4. The van der Waals surface area contributed by atoms with E-state index in [1.165, 1.54) is 0 Å². The third kappa shape index (κ3) is 2.49.